The van der Waals surface area contributed by atoms with Crippen LogP contribution in [-0.4, -0.2) is 34.7 Å². The molecule has 0 bridgehead atoms. The molecule has 6 rings (SSSR count). The highest BCUT2D eigenvalue weighted by molar-refractivity contribution is 6.35. The van der Waals surface area contributed by atoms with Crippen molar-refractivity contribution in [3.63, 3.8) is 0 Å². The number of carbonyl (C=O) groups is 4. The van der Waals surface area contributed by atoms with Crippen LogP contribution >= 0.6 is 11.6 Å². The summed E-state index contributed by atoms with van der Waals surface area (Å²) in [5.74, 6) is -1.71. The van der Waals surface area contributed by atoms with E-state index in [-0.39, 0.29) is 23.2 Å². The summed E-state index contributed by atoms with van der Waals surface area (Å²) in [4.78, 5) is 58.6. The Morgan fingerprint density at radius 3 is 2.14 bits per heavy atom. The quantitative estimate of drug-likeness (QED) is 0.105. The van der Waals surface area contributed by atoms with Crippen molar-refractivity contribution in [1.82, 2.24) is 4.98 Å². The zero-order valence-corrected chi connectivity index (χ0v) is 23.9. The number of aromatic nitrogens is 1. The predicted molar refractivity (Wildman–Crippen MR) is 165 cm³/mol. The molecule has 2 amide bonds. The van der Waals surface area contributed by atoms with Crippen LogP contribution in [0.15, 0.2) is 103 Å². The molecule has 2 heterocycles. The van der Waals surface area contributed by atoms with E-state index in [2.05, 4.69) is 0 Å². The van der Waals surface area contributed by atoms with Gasteiger partial charge in [0.2, 0.25) is 5.78 Å². The van der Waals surface area contributed by atoms with E-state index in [1.807, 2.05) is 13.0 Å². The number of ketones is 1. The normalized spacial score (nSPS) is 13.2. The Balaban J connectivity index is 1.34. The molecular weight excluding hydrogens is 564 g/mol. The van der Waals surface area contributed by atoms with Crippen LogP contribution in [-0.2, 0) is 4.74 Å². The molecule has 0 aliphatic carbocycles. The Morgan fingerprint density at radius 2 is 1.49 bits per heavy atom. The highest BCUT2D eigenvalue weighted by atomic mass is 35.5. The van der Waals surface area contributed by atoms with Gasteiger partial charge in [0.1, 0.15) is 0 Å². The largest absolute Gasteiger partial charge is 0.450 e. The molecule has 0 radical (unpaired) electrons. The number of amides is 2. The lowest BCUT2D eigenvalue weighted by Gasteiger charge is -2.18. The molecule has 4 aromatic carbocycles. The molecule has 0 spiro atoms. The molecule has 8 heteroatoms. The van der Waals surface area contributed by atoms with Crippen molar-refractivity contribution in [3.05, 3.63) is 130 Å². The van der Waals surface area contributed by atoms with E-state index < -0.39 is 12.1 Å². The Labute approximate surface area is 252 Å². The van der Waals surface area contributed by atoms with Gasteiger partial charge in [0.05, 0.1) is 38.6 Å². The average molecular weight is 589 g/mol. The van der Waals surface area contributed by atoms with Gasteiger partial charge in [-0.05, 0) is 42.8 Å². The summed E-state index contributed by atoms with van der Waals surface area (Å²) >= 11 is 6.52. The zero-order valence-electron chi connectivity index (χ0n) is 23.1. The fourth-order valence-corrected chi connectivity index (χ4v) is 5.44. The van der Waals surface area contributed by atoms with Crippen LogP contribution in [0.2, 0.25) is 5.02 Å². The van der Waals surface area contributed by atoms with E-state index in [4.69, 9.17) is 21.3 Å². The number of esters is 1. The van der Waals surface area contributed by atoms with Gasteiger partial charge in [0.25, 0.3) is 11.8 Å². The van der Waals surface area contributed by atoms with Crippen molar-refractivity contribution in [2.45, 2.75) is 25.9 Å². The number of ether oxygens (including phenoxy) is 1. The number of anilines is 1. The third-order valence-electron chi connectivity index (χ3n) is 7.38. The molecule has 1 atom stereocenters. The number of para-hydroxylation sites is 1. The van der Waals surface area contributed by atoms with Gasteiger partial charge in [-0.1, -0.05) is 91.7 Å². The van der Waals surface area contributed by atoms with Gasteiger partial charge < -0.3 is 4.74 Å². The molecule has 5 aromatic rings. The fraction of sp³-hybridized carbons (Fsp3) is 0.114. The maximum Gasteiger partial charge on any atom is 0.339 e. The average Bonchev–Trinajstić information content (AvgIpc) is 3.30. The molecule has 1 aliphatic heterocycles. The number of imide groups is 1. The smallest absolute Gasteiger partial charge is 0.339 e. The van der Waals surface area contributed by atoms with Crippen LogP contribution in [0.1, 0.15) is 61.2 Å². The number of rotatable bonds is 8. The summed E-state index contributed by atoms with van der Waals surface area (Å²) in [5.41, 5.74) is 3.28. The number of carbonyl (C=O) groups excluding carboxylic acids is 4. The zero-order chi connectivity index (χ0) is 30.1. The summed E-state index contributed by atoms with van der Waals surface area (Å²) in [6.07, 6.45) is 0.0594. The SMILES string of the molecule is CCCC(OC(=O)c1cc(-c2ccc(N3C(=O)c4ccccc4C3=O)cc2)nc2c(Cl)cccc12)C(=O)c1ccccc1. The second kappa shape index (κ2) is 11.6. The molecule has 0 saturated heterocycles. The summed E-state index contributed by atoms with van der Waals surface area (Å²) in [6, 6.07) is 28.9. The molecule has 0 N–H and O–H groups in total. The summed E-state index contributed by atoms with van der Waals surface area (Å²) in [5, 5.41) is 0.841. The monoisotopic (exact) mass is 588 g/mol. The Morgan fingerprint density at radius 1 is 0.837 bits per heavy atom. The molecule has 43 heavy (non-hydrogen) atoms. The number of hydrogen-bond donors (Lipinski definition) is 0. The van der Waals surface area contributed by atoms with Gasteiger partial charge in [0.15, 0.2) is 6.10 Å². The summed E-state index contributed by atoms with van der Waals surface area (Å²) in [6.45, 7) is 1.92. The molecule has 0 saturated carbocycles. The highest BCUT2D eigenvalue weighted by Crippen LogP contribution is 2.33. The molecule has 1 aromatic heterocycles. The number of benzene rings is 4. The van der Waals surface area contributed by atoms with E-state index in [0.29, 0.717) is 62.4 Å². The standard InChI is InChI=1S/C35H25ClN2O5/c1-2-9-30(32(39)22-10-4-3-5-11-22)43-35(42)27-20-29(37-31-24(27)14-8-15-28(31)36)21-16-18-23(19-17-21)38-33(40)25-12-6-7-13-26(25)34(38)41/h3-8,10-20,30H,2,9H2,1H3. The maximum atomic E-state index is 13.7. The second-order valence-electron chi connectivity index (χ2n) is 10.1. The van der Waals surface area contributed by atoms with Crippen molar-refractivity contribution in [2.75, 3.05) is 4.90 Å². The number of pyridine rings is 1. The van der Waals surface area contributed by atoms with Gasteiger partial charge in [-0.2, -0.15) is 0 Å². The van der Waals surface area contributed by atoms with Gasteiger partial charge in [-0.15, -0.1) is 0 Å². The molecule has 1 aliphatic rings. The van der Waals surface area contributed by atoms with Crippen molar-refractivity contribution < 1.29 is 23.9 Å². The van der Waals surface area contributed by atoms with E-state index in [1.54, 1.807) is 97.1 Å². The minimum Gasteiger partial charge on any atom is -0.450 e. The van der Waals surface area contributed by atoms with E-state index in [0.717, 1.165) is 4.90 Å². The lowest BCUT2D eigenvalue weighted by atomic mass is 10.0. The minimum absolute atomic E-state index is 0.217. The minimum atomic E-state index is -0.954. The van der Waals surface area contributed by atoms with Crippen LogP contribution in [0, 0.1) is 0 Å². The number of hydrogen-bond acceptors (Lipinski definition) is 6. The van der Waals surface area contributed by atoms with Gasteiger partial charge >= 0.3 is 5.97 Å². The van der Waals surface area contributed by atoms with Gasteiger partial charge in [0, 0.05) is 16.5 Å². The number of Topliss-reactive ketones (excluding diaryl/α,β-unsaturated/α-hetero) is 1. The summed E-state index contributed by atoms with van der Waals surface area (Å²) < 4.78 is 5.83. The molecule has 212 valence electrons. The number of nitrogens with zero attached hydrogens (tertiary/aromatic N) is 2. The van der Waals surface area contributed by atoms with Crippen LogP contribution in [0.3, 0.4) is 0 Å². The Kier molecular flexibility index (Phi) is 7.57. The lowest BCUT2D eigenvalue weighted by Crippen LogP contribution is -2.29. The van der Waals surface area contributed by atoms with Crippen molar-refractivity contribution in [1.29, 1.82) is 0 Å². The summed E-state index contributed by atoms with van der Waals surface area (Å²) in [7, 11) is 0. The van der Waals surface area contributed by atoms with Crippen LogP contribution in [0.4, 0.5) is 5.69 Å². The van der Waals surface area contributed by atoms with Crippen LogP contribution in [0.5, 0.6) is 0 Å². The lowest BCUT2D eigenvalue weighted by molar-refractivity contribution is 0.0268. The van der Waals surface area contributed by atoms with E-state index in [9.17, 15) is 19.2 Å². The van der Waals surface area contributed by atoms with E-state index >= 15 is 0 Å². The first-order valence-corrected chi connectivity index (χ1v) is 14.2. The fourth-order valence-electron chi connectivity index (χ4n) is 5.22. The second-order valence-corrected chi connectivity index (χ2v) is 10.5. The first-order chi connectivity index (χ1) is 20.9. The Hall–Kier alpha value is -5.14. The van der Waals surface area contributed by atoms with Crippen molar-refractivity contribution >= 4 is 51.8 Å². The van der Waals surface area contributed by atoms with Gasteiger partial charge in [-0.3, -0.25) is 14.4 Å². The van der Waals surface area contributed by atoms with Crippen molar-refractivity contribution in [2.24, 2.45) is 0 Å². The van der Waals surface area contributed by atoms with Gasteiger partial charge in [-0.25, -0.2) is 14.7 Å². The first-order valence-electron chi connectivity index (χ1n) is 13.8. The highest BCUT2D eigenvalue weighted by Gasteiger charge is 2.36. The molecular formula is C35H25ClN2O5. The number of fused-ring (bicyclic) bond motifs is 2. The molecule has 0 fully saturated rings. The number of halogens is 1. The third-order valence-corrected chi connectivity index (χ3v) is 7.68. The first kappa shape index (κ1) is 28.0. The third kappa shape index (κ3) is 5.19. The van der Waals surface area contributed by atoms with Crippen molar-refractivity contribution in [3.8, 4) is 11.3 Å². The molecule has 7 nitrogen and oxygen atoms in total. The Bertz CT molecular complexity index is 1870. The van der Waals surface area contributed by atoms with Crippen LogP contribution < -0.4 is 4.90 Å². The van der Waals surface area contributed by atoms with Crippen LogP contribution in [0.25, 0.3) is 22.2 Å². The topological polar surface area (TPSA) is 93.6 Å². The molecule has 1 unspecified atom stereocenters. The van der Waals surface area contributed by atoms with E-state index in [1.165, 1.54) is 0 Å². The predicted octanol–water partition coefficient (Wildman–Crippen LogP) is 7.56. The maximum absolute atomic E-state index is 13.7.